The molecule has 0 aromatic carbocycles. The van der Waals surface area contributed by atoms with E-state index >= 15 is 0 Å². The molecule has 0 saturated heterocycles. The number of rotatable bonds is 5. The van der Waals surface area contributed by atoms with Gasteiger partial charge in [0, 0.05) is 20.4 Å². The van der Waals surface area contributed by atoms with Gasteiger partial charge in [-0.15, -0.1) is 0 Å². The monoisotopic (exact) mass is 211 g/mol. The van der Waals surface area contributed by atoms with Gasteiger partial charge in [-0.25, -0.2) is 9.97 Å². The highest BCUT2D eigenvalue weighted by Gasteiger charge is 2.12. The van der Waals surface area contributed by atoms with Gasteiger partial charge in [-0.3, -0.25) is 4.79 Å². The molecule has 1 rings (SSSR count). The molecule has 0 aliphatic carbocycles. The van der Waals surface area contributed by atoms with Crippen molar-refractivity contribution >= 4 is 5.91 Å². The van der Waals surface area contributed by atoms with Gasteiger partial charge in [-0.2, -0.15) is 0 Å². The molecule has 0 fully saturated rings. The molecule has 0 aliphatic rings. The van der Waals surface area contributed by atoms with Gasteiger partial charge in [-0.05, 0) is 6.07 Å². The van der Waals surface area contributed by atoms with Crippen molar-refractivity contribution in [1.82, 2.24) is 9.97 Å². The van der Waals surface area contributed by atoms with E-state index in [1.807, 2.05) is 0 Å². The first kappa shape index (κ1) is 11.5. The van der Waals surface area contributed by atoms with Crippen molar-refractivity contribution in [3.8, 4) is 0 Å². The summed E-state index contributed by atoms with van der Waals surface area (Å²) < 4.78 is 10.0. The minimum Gasteiger partial charge on any atom is -0.369 e. The Morgan fingerprint density at radius 2 is 2.20 bits per heavy atom. The third-order valence-corrected chi connectivity index (χ3v) is 1.73. The van der Waals surface area contributed by atoms with Gasteiger partial charge in [0.1, 0.15) is 5.82 Å². The predicted molar refractivity (Wildman–Crippen MR) is 51.7 cm³/mol. The lowest BCUT2D eigenvalue weighted by Gasteiger charge is -2.12. The van der Waals surface area contributed by atoms with Crippen molar-refractivity contribution in [3.63, 3.8) is 0 Å². The molecule has 1 amide bonds. The molecule has 2 N–H and O–H groups in total. The number of nitrogens with zero attached hydrogens (tertiary/aromatic N) is 2. The van der Waals surface area contributed by atoms with E-state index in [-0.39, 0.29) is 6.42 Å². The van der Waals surface area contributed by atoms with Crippen molar-refractivity contribution in [1.29, 1.82) is 0 Å². The first-order valence-corrected chi connectivity index (χ1v) is 4.33. The molecule has 0 atom stereocenters. The van der Waals surface area contributed by atoms with Crippen LogP contribution in [-0.2, 0) is 20.7 Å². The molecule has 6 nitrogen and oxygen atoms in total. The summed E-state index contributed by atoms with van der Waals surface area (Å²) in [5, 5.41) is 0. The fraction of sp³-hybridized carbons (Fsp3) is 0.444. The van der Waals surface area contributed by atoms with Crippen LogP contribution in [0.1, 0.15) is 17.8 Å². The molecule has 6 heteroatoms. The molecule has 0 aliphatic heterocycles. The lowest BCUT2D eigenvalue weighted by Crippen LogP contribution is -2.17. The molecule has 0 saturated carbocycles. The van der Waals surface area contributed by atoms with E-state index in [0.717, 1.165) is 0 Å². The maximum atomic E-state index is 10.7. The lowest BCUT2D eigenvalue weighted by molar-refractivity contribution is -0.117. The number of carbonyl (C=O) groups excluding carboxylic acids is 1. The number of methoxy groups -OCH3 is 2. The lowest BCUT2D eigenvalue weighted by atomic mass is 10.3. The maximum Gasteiger partial charge on any atom is 0.225 e. The molecule has 0 bridgehead atoms. The Bertz CT molecular complexity index is 339. The van der Waals surface area contributed by atoms with E-state index in [9.17, 15) is 4.79 Å². The summed E-state index contributed by atoms with van der Waals surface area (Å²) >= 11 is 0. The van der Waals surface area contributed by atoms with Gasteiger partial charge in [0.25, 0.3) is 0 Å². The van der Waals surface area contributed by atoms with Crippen LogP contribution in [0, 0.1) is 0 Å². The van der Waals surface area contributed by atoms with Crippen LogP contribution in [0.25, 0.3) is 0 Å². The van der Waals surface area contributed by atoms with Gasteiger partial charge in [0.15, 0.2) is 0 Å². The zero-order valence-electron chi connectivity index (χ0n) is 8.64. The average Bonchev–Trinajstić information content (AvgIpc) is 2.19. The zero-order chi connectivity index (χ0) is 11.3. The van der Waals surface area contributed by atoms with Crippen LogP contribution in [0.5, 0.6) is 0 Å². The zero-order valence-corrected chi connectivity index (χ0v) is 8.64. The highest BCUT2D eigenvalue weighted by atomic mass is 16.7. The SMILES string of the molecule is COC(OC)c1ccnc(CC(N)=O)n1. The van der Waals surface area contributed by atoms with Gasteiger partial charge in [0.2, 0.25) is 12.2 Å². The summed E-state index contributed by atoms with van der Waals surface area (Å²) in [6, 6.07) is 1.65. The Hall–Kier alpha value is -1.53. The first-order valence-electron chi connectivity index (χ1n) is 4.33. The molecule has 0 unspecified atom stereocenters. The van der Waals surface area contributed by atoms with Crippen LogP contribution < -0.4 is 5.73 Å². The molecule has 0 radical (unpaired) electrons. The van der Waals surface area contributed by atoms with Crippen molar-refractivity contribution in [2.24, 2.45) is 5.73 Å². The molecule has 1 aromatic rings. The number of hydrogen-bond acceptors (Lipinski definition) is 5. The van der Waals surface area contributed by atoms with Gasteiger partial charge in [0.05, 0.1) is 12.1 Å². The van der Waals surface area contributed by atoms with Crippen LogP contribution in [-0.4, -0.2) is 30.1 Å². The summed E-state index contributed by atoms with van der Waals surface area (Å²) in [5.41, 5.74) is 5.60. The van der Waals surface area contributed by atoms with Crippen LogP contribution in [0.4, 0.5) is 0 Å². The Labute approximate surface area is 87.4 Å². The Morgan fingerprint density at radius 1 is 1.53 bits per heavy atom. The second-order valence-electron chi connectivity index (χ2n) is 2.84. The third-order valence-electron chi connectivity index (χ3n) is 1.73. The molecule has 1 aromatic heterocycles. The quantitative estimate of drug-likeness (QED) is 0.681. The van der Waals surface area contributed by atoms with Crippen LogP contribution in [0.3, 0.4) is 0 Å². The fourth-order valence-corrected chi connectivity index (χ4v) is 1.12. The van der Waals surface area contributed by atoms with E-state index in [0.29, 0.717) is 11.5 Å². The van der Waals surface area contributed by atoms with E-state index < -0.39 is 12.2 Å². The number of amides is 1. The minimum atomic E-state index is -0.556. The van der Waals surface area contributed by atoms with Crippen molar-refractivity contribution in [2.75, 3.05) is 14.2 Å². The Balaban J connectivity index is 2.86. The predicted octanol–water partition coefficient (Wildman–Crippen LogP) is -0.204. The smallest absolute Gasteiger partial charge is 0.225 e. The highest BCUT2D eigenvalue weighted by Crippen LogP contribution is 2.13. The van der Waals surface area contributed by atoms with Crippen LogP contribution in [0.2, 0.25) is 0 Å². The largest absolute Gasteiger partial charge is 0.369 e. The number of hydrogen-bond donors (Lipinski definition) is 1. The standard InChI is InChI=1S/C9H13N3O3/c1-14-9(15-2)6-3-4-11-8(12-6)5-7(10)13/h3-4,9H,5H2,1-2H3,(H2,10,13). The number of carbonyl (C=O) groups is 1. The van der Waals surface area contributed by atoms with E-state index in [4.69, 9.17) is 15.2 Å². The summed E-state index contributed by atoms with van der Waals surface area (Å²) in [6.07, 6.45) is 0.985. The molecule has 82 valence electrons. The van der Waals surface area contributed by atoms with Gasteiger partial charge < -0.3 is 15.2 Å². The molecule has 0 spiro atoms. The Kier molecular flexibility index (Phi) is 4.14. The minimum absolute atomic E-state index is 0.00793. The topological polar surface area (TPSA) is 87.3 Å². The maximum absolute atomic E-state index is 10.7. The summed E-state index contributed by atoms with van der Waals surface area (Å²) in [6.45, 7) is 0. The van der Waals surface area contributed by atoms with E-state index in [2.05, 4.69) is 9.97 Å². The van der Waals surface area contributed by atoms with Crippen LogP contribution >= 0.6 is 0 Å². The average molecular weight is 211 g/mol. The first-order chi connectivity index (χ1) is 7.17. The van der Waals surface area contributed by atoms with Crippen molar-refractivity contribution in [2.45, 2.75) is 12.7 Å². The normalized spacial score (nSPS) is 10.6. The number of ether oxygens (including phenoxy) is 2. The Morgan fingerprint density at radius 3 is 2.73 bits per heavy atom. The molecular weight excluding hydrogens is 198 g/mol. The third kappa shape index (κ3) is 3.26. The summed E-state index contributed by atoms with van der Waals surface area (Å²) in [4.78, 5) is 18.7. The molecular formula is C9H13N3O3. The number of primary amides is 1. The van der Waals surface area contributed by atoms with Crippen molar-refractivity contribution < 1.29 is 14.3 Å². The number of aromatic nitrogens is 2. The number of nitrogens with two attached hydrogens (primary N) is 1. The molecule has 15 heavy (non-hydrogen) atoms. The van der Waals surface area contributed by atoms with E-state index in [1.165, 1.54) is 20.4 Å². The fourth-order valence-electron chi connectivity index (χ4n) is 1.12. The van der Waals surface area contributed by atoms with Crippen molar-refractivity contribution in [3.05, 3.63) is 23.8 Å². The second-order valence-corrected chi connectivity index (χ2v) is 2.84. The second kappa shape index (κ2) is 5.38. The van der Waals surface area contributed by atoms with E-state index in [1.54, 1.807) is 6.07 Å². The highest BCUT2D eigenvalue weighted by molar-refractivity contribution is 5.75. The summed E-state index contributed by atoms with van der Waals surface area (Å²) in [7, 11) is 3.01. The molecule has 1 heterocycles. The van der Waals surface area contributed by atoms with Gasteiger partial charge >= 0.3 is 0 Å². The summed E-state index contributed by atoms with van der Waals surface area (Å²) in [5.74, 6) is -0.113. The van der Waals surface area contributed by atoms with Crippen LogP contribution in [0.15, 0.2) is 12.3 Å². The van der Waals surface area contributed by atoms with Gasteiger partial charge in [-0.1, -0.05) is 0 Å².